The zero-order valence-corrected chi connectivity index (χ0v) is 14.7. The fraction of sp³-hybridized carbons (Fsp3) is 0.222. The van der Waals surface area contributed by atoms with Crippen LogP contribution in [-0.4, -0.2) is 24.0 Å². The molecule has 1 N–H and O–H groups in total. The summed E-state index contributed by atoms with van der Waals surface area (Å²) in [5, 5.41) is 7.68. The van der Waals surface area contributed by atoms with Gasteiger partial charge in [0.15, 0.2) is 0 Å². The van der Waals surface area contributed by atoms with E-state index in [1.165, 1.54) is 29.9 Å². The van der Waals surface area contributed by atoms with Crippen LogP contribution in [0.25, 0.3) is 9.88 Å². The van der Waals surface area contributed by atoms with Crippen molar-refractivity contribution in [1.82, 2.24) is 4.98 Å². The summed E-state index contributed by atoms with van der Waals surface area (Å²) in [4.78, 5) is 20.4. The highest BCUT2D eigenvalue weighted by Gasteiger charge is 2.15. The lowest BCUT2D eigenvalue weighted by Gasteiger charge is -2.18. The first-order chi connectivity index (χ1) is 11.8. The number of nitrogens with zero attached hydrogens (tertiary/aromatic N) is 2. The molecule has 0 saturated carbocycles. The first kappa shape index (κ1) is 15.4. The maximum absolute atomic E-state index is 12.5. The lowest BCUT2D eigenvalue weighted by atomic mass is 10.2. The van der Waals surface area contributed by atoms with Gasteiger partial charge < -0.3 is 10.2 Å². The normalized spacial score (nSPS) is 14.1. The summed E-state index contributed by atoms with van der Waals surface area (Å²) in [5.41, 5.74) is 2.45. The maximum Gasteiger partial charge on any atom is 0.275 e. The molecule has 0 bridgehead atoms. The van der Waals surface area contributed by atoms with Gasteiger partial charge >= 0.3 is 0 Å². The molecule has 4 rings (SSSR count). The van der Waals surface area contributed by atoms with Crippen LogP contribution in [0.2, 0.25) is 0 Å². The van der Waals surface area contributed by atoms with E-state index in [4.69, 9.17) is 0 Å². The molecule has 1 saturated heterocycles. The van der Waals surface area contributed by atoms with E-state index in [0.29, 0.717) is 5.69 Å². The molecule has 122 valence electrons. The number of thiophene rings is 1. The minimum atomic E-state index is -0.160. The van der Waals surface area contributed by atoms with Crippen LogP contribution in [0.4, 0.5) is 11.4 Å². The van der Waals surface area contributed by atoms with Crippen molar-refractivity contribution in [2.75, 3.05) is 23.3 Å². The number of hydrogen-bond acceptors (Lipinski definition) is 5. The molecule has 1 amide bonds. The minimum absolute atomic E-state index is 0.160. The number of aromatic nitrogens is 1. The number of carbonyl (C=O) groups is 1. The number of benzene rings is 1. The lowest BCUT2D eigenvalue weighted by Crippen LogP contribution is -2.18. The molecule has 4 nitrogen and oxygen atoms in total. The van der Waals surface area contributed by atoms with Crippen LogP contribution in [0, 0.1) is 0 Å². The average molecular weight is 355 g/mol. The van der Waals surface area contributed by atoms with Crippen molar-refractivity contribution in [3.8, 4) is 9.88 Å². The van der Waals surface area contributed by atoms with E-state index in [9.17, 15) is 4.79 Å². The SMILES string of the molecule is O=C(Nc1cccc(N2CCCC2)c1)c1csc(-c2cccs2)n1. The Hall–Kier alpha value is -2.18. The van der Waals surface area contributed by atoms with E-state index in [1.807, 2.05) is 41.1 Å². The van der Waals surface area contributed by atoms with Crippen molar-refractivity contribution < 1.29 is 4.79 Å². The molecule has 0 aliphatic carbocycles. The quantitative estimate of drug-likeness (QED) is 0.736. The van der Waals surface area contributed by atoms with Gasteiger partial charge in [0.2, 0.25) is 0 Å². The highest BCUT2D eigenvalue weighted by Crippen LogP contribution is 2.28. The molecule has 6 heteroatoms. The molecular formula is C18H17N3OS2. The summed E-state index contributed by atoms with van der Waals surface area (Å²) in [5.74, 6) is -0.160. The Bertz CT molecular complexity index is 836. The van der Waals surface area contributed by atoms with Gasteiger partial charge in [0.05, 0.1) is 4.88 Å². The first-order valence-corrected chi connectivity index (χ1v) is 9.71. The Morgan fingerprint density at radius 1 is 1.12 bits per heavy atom. The molecule has 0 unspecified atom stereocenters. The van der Waals surface area contributed by atoms with Crippen LogP contribution in [0.5, 0.6) is 0 Å². The Morgan fingerprint density at radius 3 is 2.79 bits per heavy atom. The maximum atomic E-state index is 12.5. The predicted molar refractivity (Wildman–Crippen MR) is 101 cm³/mol. The predicted octanol–water partition coefficient (Wildman–Crippen LogP) is 4.72. The van der Waals surface area contributed by atoms with Gasteiger partial charge in [-0.25, -0.2) is 4.98 Å². The third kappa shape index (κ3) is 3.20. The number of thiazole rings is 1. The molecule has 1 fully saturated rings. The summed E-state index contributed by atoms with van der Waals surface area (Å²) in [6.07, 6.45) is 2.47. The molecule has 1 aliphatic rings. The molecule has 0 atom stereocenters. The first-order valence-electron chi connectivity index (χ1n) is 7.95. The van der Waals surface area contributed by atoms with Gasteiger partial charge in [-0.3, -0.25) is 4.79 Å². The number of hydrogen-bond donors (Lipinski definition) is 1. The number of amides is 1. The molecule has 0 radical (unpaired) electrons. The van der Waals surface area contributed by atoms with Crippen LogP contribution in [0.15, 0.2) is 47.2 Å². The van der Waals surface area contributed by atoms with E-state index in [2.05, 4.69) is 21.3 Å². The molecule has 1 aromatic carbocycles. The highest BCUT2D eigenvalue weighted by molar-refractivity contribution is 7.20. The smallest absolute Gasteiger partial charge is 0.275 e. The molecular weight excluding hydrogens is 338 g/mol. The standard InChI is InChI=1S/C18H17N3OS2/c22-17(15-12-24-18(20-15)16-7-4-10-23-16)19-13-5-3-6-14(11-13)21-8-1-2-9-21/h3-7,10-12H,1-2,8-9H2,(H,19,22). The van der Waals surface area contributed by atoms with Crippen molar-refractivity contribution in [1.29, 1.82) is 0 Å². The summed E-state index contributed by atoms with van der Waals surface area (Å²) in [7, 11) is 0. The molecule has 0 spiro atoms. The van der Waals surface area contributed by atoms with Gasteiger partial charge in [-0.05, 0) is 42.5 Å². The number of carbonyl (C=O) groups excluding carboxylic acids is 1. The summed E-state index contributed by atoms with van der Waals surface area (Å²) in [6.45, 7) is 2.18. The summed E-state index contributed by atoms with van der Waals surface area (Å²) in [6, 6.07) is 12.1. The van der Waals surface area contributed by atoms with E-state index in [0.717, 1.165) is 28.7 Å². The van der Waals surface area contributed by atoms with Gasteiger partial charge in [0, 0.05) is 29.8 Å². The second-order valence-electron chi connectivity index (χ2n) is 5.71. The van der Waals surface area contributed by atoms with Gasteiger partial charge in [0.25, 0.3) is 5.91 Å². The van der Waals surface area contributed by atoms with Crippen LogP contribution in [0.3, 0.4) is 0 Å². The fourth-order valence-corrected chi connectivity index (χ4v) is 4.46. The van der Waals surface area contributed by atoms with Gasteiger partial charge in [-0.2, -0.15) is 0 Å². The monoisotopic (exact) mass is 355 g/mol. The zero-order chi connectivity index (χ0) is 16.4. The average Bonchev–Trinajstić information content (AvgIpc) is 3.36. The zero-order valence-electron chi connectivity index (χ0n) is 13.1. The topological polar surface area (TPSA) is 45.2 Å². The Morgan fingerprint density at radius 2 is 2.00 bits per heavy atom. The van der Waals surface area contributed by atoms with Crippen molar-refractivity contribution in [3.05, 3.63) is 52.9 Å². The third-order valence-corrected chi connectivity index (χ3v) is 5.93. The van der Waals surface area contributed by atoms with Gasteiger partial charge in [-0.15, -0.1) is 22.7 Å². The van der Waals surface area contributed by atoms with Crippen LogP contribution in [-0.2, 0) is 0 Å². The molecule has 1 aliphatic heterocycles. The minimum Gasteiger partial charge on any atom is -0.371 e. The van der Waals surface area contributed by atoms with E-state index in [-0.39, 0.29) is 5.91 Å². The molecule has 3 heterocycles. The van der Waals surface area contributed by atoms with Gasteiger partial charge in [-0.1, -0.05) is 12.1 Å². The number of anilines is 2. The van der Waals surface area contributed by atoms with Crippen LogP contribution < -0.4 is 10.2 Å². The molecule has 24 heavy (non-hydrogen) atoms. The second kappa shape index (κ2) is 6.75. The Balaban J connectivity index is 1.49. The van der Waals surface area contributed by atoms with Crippen molar-refractivity contribution >= 4 is 40.0 Å². The largest absolute Gasteiger partial charge is 0.371 e. The number of nitrogens with one attached hydrogen (secondary N) is 1. The summed E-state index contributed by atoms with van der Waals surface area (Å²) < 4.78 is 0. The van der Waals surface area contributed by atoms with Crippen LogP contribution in [0.1, 0.15) is 23.3 Å². The molecule has 3 aromatic rings. The highest BCUT2D eigenvalue weighted by atomic mass is 32.1. The van der Waals surface area contributed by atoms with Crippen molar-refractivity contribution in [2.24, 2.45) is 0 Å². The van der Waals surface area contributed by atoms with Crippen molar-refractivity contribution in [2.45, 2.75) is 12.8 Å². The van der Waals surface area contributed by atoms with E-state index < -0.39 is 0 Å². The fourth-order valence-electron chi connectivity index (χ4n) is 2.84. The molecule has 2 aromatic heterocycles. The van der Waals surface area contributed by atoms with E-state index >= 15 is 0 Å². The Kier molecular flexibility index (Phi) is 4.32. The lowest BCUT2D eigenvalue weighted by molar-refractivity contribution is 0.102. The second-order valence-corrected chi connectivity index (χ2v) is 7.52. The summed E-state index contributed by atoms with van der Waals surface area (Å²) >= 11 is 3.13. The van der Waals surface area contributed by atoms with Gasteiger partial charge in [0.1, 0.15) is 10.7 Å². The number of rotatable bonds is 4. The van der Waals surface area contributed by atoms with E-state index in [1.54, 1.807) is 11.3 Å². The third-order valence-electron chi connectivity index (χ3n) is 4.04. The van der Waals surface area contributed by atoms with Crippen LogP contribution >= 0.6 is 22.7 Å². The Labute approximate surface area is 148 Å². The van der Waals surface area contributed by atoms with Crippen molar-refractivity contribution in [3.63, 3.8) is 0 Å².